The van der Waals surface area contributed by atoms with Crippen LogP contribution in [0.15, 0.2) is 84.9 Å². The molecule has 0 spiro atoms. The molecule has 3 aromatic carbocycles. The van der Waals surface area contributed by atoms with Gasteiger partial charge in [-0.1, -0.05) is 72.8 Å². The third kappa shape index (κ3) is 5.71. The van der Waals surface area contributed by atoms with Crippen LogP contribution in [0.25, 0.3) is 0 Å². The first-order chi connectivity index (χ1) is 16.5. The molecular formula is C28H32N4O2. The summed E-state index contributed by atoms with van der Waals surface area (Å²) >= 11 is 0. The molecule has 4 rings (SSSR count). The smallest absolute Gasteiger partial charge is 0.251 e. The Bertz CT molecular complexity index is 1060. The minimum Gasteiger partial charge on any atom is -0.355 e. The van der Waals surface area contributed by atoms with Crippen molar-refractivity contribution >= 4 is 11.8 Å². The predicted octanol–water partition coefficient (Wildman–Crippen LogP) is 3.24. The molecule has 2 N–H and O–H groups in total. The van der Waals surface area contributed by atoms with E-state index in [1.807, 2.05) is 78.9 Å². The average Bonchev–Trinajstić information content (AvgIpc) is 2.89. The molecule has 3 aromatic rings. The second kappa shape index (κ2) is 11.1. The summed E-state index contributed by atoms with van der Waals surface area (Å²) in [6.45, 7) is 2.72. The van der Waals surface area contributed by atoms with Gasteiger partial charge in [0.25, 0.3) is 5.91 Å². The van der Waals surface area contributed by atoms with E-state index in [2.05, 4.69) is 33.5 Å². The minimum absolute atomic E-state index is 0.000112. The van der Waals surface area contributed by atoms with Gasteiger partial charge in [-0.05, 0) is 35.9 Å². The lowest BCUT2D eigenvalue weighted by Crippen LogP contribution is -2.50. The highest BCUT2D eigenvalue weighted by Crippen LogP contribution is 2.25. The van der Waals surface area contributed by atoms with E-state index in [4.69, 9.17) is 0 Å². The Kier molecular flexibility index (Phi) is 7.72. The first kappa shape index (κ1) is 23.7. The first-order valence-corrected chi connectivity index (χ1v) is 11.7. The number of benzene rings is 3. The van der Waals surface area contributed by atoms with Gasteiger partial charge in [0.15, 0.2) is 0 Å². The number of carbonyl (C=O) groups excluding carboxylic acids is 2. The van der Waals surface area contributed by atoms with Crippen LogP contribution in [0.1, 0.15) is 39.1 Å². The molecule has 6 heteroatoms. The average molecular weight is 457 g/mol. The van der Waals surface area contributed by atoms with Gasteiger partial charge < -0.3 is 10.6 Å². The summed E-state index contributed by atoms with van der Waals surface area (Å²) in [7, 11) is 3.73. The van der Waals surface area contributed by atoms with Crippen LogP contribution in [0.3, 0.4) is 0 Å². The third-order valence-electron chi connectivity index (χ3n) is 6.43. The summed E-state index contributed by atoms with van der Waals surface area (Å²) in [6, 6.07) is 27.8. The lowest BCUT2D eigenvalue weighted by molar-refractivity contribution is -0.123. The quantitative estimate of drug-likeness (QED) is 0.573. The van der Waals surface area contributed by atoms with Gasteiger partial charge in [0.2, 0.25) is 5.91 Å². The number of hydrogen-bond donors (Lipinski definition) is 2. The number of nitrogens with zero attached hydrogens (tertiary/aromatic N) is 2. The largest absolute Gasteiger partial charge is 0.355 e. The van der Waals surface area contributed by atoms with Crippen LogP contribution >= 0.6 is 0 Å². The number of piperazine rings is 1. The standard InChI is InChI=1S/C28H32N4O2/c1-29-28(34)24-15-9-14-23(18-24)25-19-32(17-16-31(25)2)20-26(33)30-27(21-10-5-3-6-11-21)22-12-7-4-8-13-22/h3-15,18,25,27H,16-17,19-20H2,1-2H3,(H,29,34)(H,30,33). The van der Waals surface area contributed by atoms with Crippen LogP contribution < -0.4 is 10.6 Å². The Morgan fingerprint density at radius 1 is 0.912 bits per heavy atom. The maximum atomic E-state index is 13.2. The molecule has 1 fully saturated rings. The fourth-order valence-corrected chi connectivity index (χ4v) is 4.53. The Morgan fingerprint density at radius 2 is 1.56 bits per heavy atom. The molecular weight excluding hydrogens is 424 g/mol. The Labute approximate surface area is 201 Å². The van der Waals surface area contributed by atoms with Crippen molar-refractivity contribution in [1.29, 1.82) is 0 Å². The van der Waals surface area contributed by atoms with Gasteiger partial charge in [0.05, 0.1) is 12.6 Å². The minimum atomic E-state index is -0.192. The number of carbonyl (C=O) groups is 2. The highest BCUT2D eigenvalue weighted by molar-refractivity contribution is 5.94. The first-order valence-electron chi connectivity index (χ1n) is 11.7. The molecule has 34 heavy (non-hydrogen) atoms. The van der Waals surface area contributed by atoms with E-state index < -0.39 is 0 Å². The van der Waals surface area contributed by atoms with E-state index in [-0.39, 0.29) is 23.9 Å². The lowest BCUT2D eigenvalue weighted by atomic mass is 9.98. The highest BCUT2D eigenvalue weighted by atomic mass is 16.2. The molecule has 1 heterocycles. The number of hydrogen-bond acceptors (Lipinski definition) is 4. The van der Waals surface area contributed by atoms with Crippen molar-refractivity contribution in [1.82, 2.24) is 20.4 Å². The van der Waals surface area contributed by atoms with Crippen molar-refractivity contribution < 1.29 is 9.59 Å². The van der Waals surface area contributed by atoms with Gasteiger partial charge in [-0.25, -0.2) is 0 Å². The van der Waals surface area contributed by atoms with E-state index in [0.29, 0.717) is 12.1 Å². The number of nitrogens with one attached hydrogen (secondary N) is 2. The van der Waals surface area contributed by atoms with Crippen LogP contribution in [0.2, 0.25) is 0 Å². The number of amides is 2. The predicted molar refractivity (Wildman–Crippen MR) is 135 cm³/mol. The van der Waals surface area contributed by atoms with Crippen molar-refractivity contribution in [2.45, 2.75) is 12.1 Å². The molecule has 2 amide bonds. The number of likely N-dealkylation sites (N-methyl/N-ethyl adjacent to an activating group) is 1. The van der Waals surface area contributed by atoms with Crippen LogP contribution in [-0.4, -0.2) is 61.9 Å². The van der Waals surface area contributed by atoms with E-state index in [0.717, 1.165) is 36.3 Å². The maximum absolute atomic E-state index is 13.2. The van der Waals surface area contributed by atoms with E-state index in [9.17, 15) is 9.59 Å². The van der Waals surface area contributed by atoms with Gasteiger partial charge in [-0.15, -0.1) is 0 Å². The normalized spacial score (nSPS) is 16.9. The molecule has 1 atom stereocenters. The highest BCUT2D eigenvalue weighted by Gasteiger charge is 2.28. The molecule has 0 radical (unpaired) electrons. The molecule has 1 aliphatic heterocycles. The second-order valence-corrected chi connectivity index (χ2v) is 8.76. The zero-order valence-corrected chi connectivity index (χ0v) is 19.8. The molecule has 1 unspecified atom stereocenters. The van der Waals surface area contributed by atoms with Gasteiger partial charge in [-0.2, -0.15) is 0 Å². The van der Waals surface area contributed by atoms with Gasteiger partial charge in [-0.3, -0.25) is 19.4 Å². The van der Waals surface area contributed by atoms with Crippen molar-refractivity contribution in [2.24, 2.45) is 0 Å². The zero-order chi connectivity index (χ0) is 23.9. The van der Waals surface area contributed by atoms with E-state index in [1.54, 1.807) is 7.05 Å². The van der Waals surface area contributed by atoms with Crippen LogP contribution in [-0.2, 0) is 4.79 Å². The van der Waals surface area contributed by atoms with E-state index >= 15 is 0 Å². The second-order valence-electron chi connectivity index (χ2n) is 8.76. The summed E-state index contributed by atoms with van der Waals surface area (Å²) in [6.07, 6.45) is 0. The molecule has 0 aromatic heterocycles. The molecule has 0 saturated carbocycles. The van der Waals surface area contributed by atoms with Crippen molar-refractivity contribution in [3.63, 3.8) is 0 Å². The molecule has 0 aliphatic carbocycles. The SMILES string of the molecule is CNC(=O)c1cccc(C2CN(CC(=O)NC(c3ccccc3)c3ccccc3)CCN2C)c1. The Morgan fingerprint density at radius 3 is 2.18 bits per heavy atom. The molecule has 1 aliphatic rings. The van der Waals surface area contributed by atoms with Crippen LogP contribution in [0.5, 0.6) is 0 Å². The van der Waals surface area contributed by atoms with Crippen molar-refractivity contribution in [2.75, 3.05) is 40.3 Å². The van der Waals surface area contributed by atoms with Crippen LogP contribution in [0, 0.1) is 0 Å². The zero-order valence-electron chi connectivity index (χ0n) is 19.8. The maximum Gasteiger partial charge on any atom is 0.251 e. The van der Waals surface area contributed by atoms with Crippen molar-refractivity contribution in [3.8, 4) is 0 Å². The fraction of sp³-hybridized carbons (Fsp3) is 0.286. The third-order valence-corrected chi connectivity index (χ3v) is 6.43. The molecule has 176 valence electrons. The lowest BCUT2D eigenvalue weighted by Gasteiger charge is -2.39. The van der Waals surface area contributed by atoms with Gasteiger partial charge in [0.1, 0.15) is 0 Å². The molecule has 0 bridgehead atoms. The number of rotatable bonds is 7. The van der Waals surface area contributed by atoms with Gasteiger partial charge in [0, 0.05) is 38.3 Å². The summed E-state index contributed by atoms with van der Waals surface area (Å²) < 4.78 is 0. The summed E-state index contributed by atoms with van der Waals surface area (Å²) in [5.41, 5.74) is 3.85. The summed E-state index contributed by atoms with van der Waals surface area (Å²) in [4.78, 5) is 29.7. The fourth-order valence-electron chi connectivity index (χ4n) is 4.53. The Balaban J connectivity index is 1.46. The topological polar surface area (TPSA) is 64.7 Å². The molecule has 1 saturated heterocycles. The van der Waals surface area contributed by atoms with Crippen molar-refractivity contribution in [3.05, 3.63) is 107 Å². The Hall–Kier alpha value is -3.48. The van der Waals surface area contributed by atoms with Gasteiger partial charge >= 0.3 is 0 Å². The summed E-state index contributed by atoms with van der Waals surface area (Å²) in [5, 5.41) is 5.93. The van der Waals surface area contributed by atoms with E-state index in [1.165, 1.54) is 0 Å². The van der Waals surface area contributed by atoms with Crippen LogP contribution in [0.4, 0.5) is 0 Å². The summed E-state index contributed by atoms with van der Waals surface area (Å²) in [5.74, 6) is -0.0930. The monoisotopic (exact) mass is 456 g/mol. The molecule has 6 nitrogen and oxygen atoms in total.